The molecule has 6 aromatic carbocycles. The second-order valence-corrected chi connectivity index (χ2v) is 10.5. The van der Waals surface area contributed by atoms with E-state index in [0.717, 1.165) is 56.6 Å². The fourth-order valence-electron chi connectivity index (χ4n) is 5.82. The van der Waals surface area contributed by atoms with Crippen LogP contribution in [0.3, 0.4) is 0 Å². The number of rotatable bonds is 7. The van der Waals surface area contributed by atoms with Gasteiger partial charge in [0.15, 0.2) is 11.4 Å². The maximum absolute atomic E-state index is 6.31. The van der Waals surface area contributed by atoms with E-state index in [1.54, 1.807) is 0 Å². The lowest BCUT2D eigenvalue weighted by Gasteiger charge is -2.26. The molecule has 2 aromatic heterocycles. The van der Waals surface area contributed by atoms with Crippen molar-refractivity contribution in [3.05, 3.63) is 170 Å². The van der Waals surface area contributed by atoms with Crippen LogP contribution in [0, 0.1) is 0 Å². The summed E-state index contributed by atoms with van der Waals surface area (Å²) in [6.45, 7) is 0. The van der Waals surface area contributed by atoms with Gasteiger partial charge >= 0.3 is 5.84 Å². The molecule has 8 rings (SSSR count). The molecule has 0 amide bonds. The number of anilines is 6. The summed E-state index contributed by atoms with van der Waals surface area (Å²) >= 11 is 0. The topological polar surface area (TPSA) is 36.9 Å². The summed E-state index contributed by atoms with van der Waals surface area (Å²) in [5.41, 5.74) is 8.89. The predicted octanol–water partition coefficient (Wildman–Crippen LogP) is 10.7. The quantitative estimate of drug-likeness (QED) is 0.192. The average molecular weight is 569 g/mol. The standard InChI is InChI=1S/C39H28N4O/c1-5-15-30(16-6-1)41(31-17-7-2-8-18-31)34-27-25-29(26-28-34)37-38(43-35-23-13-14-24-36(35)44-39(43)40-37)42(32-19-9-3-10-20-32)33-21-11-4-12-22-33/h1-28H. The van der Waals surface area contributed by atoms with Crippen LogP contribution in [0.5, 0.6) is 0 Å². The fraction of sp³-hybridized carbons (Fsp3) is 0. The molecule has 0 radical (unpaired) electrons. The average Bonchev–Trinajstić information content (AvgIpc) is 3.64. The summed E-state index contributed by atoms with van der Waals surface area (Å²) < 4.78 is 8.44. The summed E-state index contributed by atoms with van der Waals surface area (Å²) in [5, 5.41) is 0. The van der Waals surface area contributed by atoms with Crippen LogP contribution in [0.4, 0.5) is 34.3 Å². The van der Waals surface area contributed by atoms with E-state index in [-0.39, 0.29) is 0 Å². The number of hydrogen-bond acceptors (Lipinski definition) is 4. The molecular formula is C39H28N4O. The first-order valence-electron chi connectivity index (χ1n) is 14.7. The second kappa shape index (κ2) is 11.0. The molecule has 0 atom stereocenters. The van der Waals surface area contributed by atoms with E-state index in [1.807, 2.05) is 42.5 Å². The number of oxazole rings is 1. The van der Waals surface area contributed by atoms with Gasteiger partial charge in [0.25, 0.3) is 0 Å². The normalized spacial score (nSPS) is 11.2. The highest BCUT2D eigenvalue weighted by atomic mass is 16.4. The molecular weight excluding hydrogens is 540 g/mol. The SMILES string of the molecule is c1ccc(N(c2ccccc2)c2ccc(-c3nc4oc5ccccc5n4c3N(c3ccccc3)c3ccccc3)cc2)cc1. The molecule has 0 aliphatic heterocycles. The van der Waals surface area contributed by atoms with Crippen molar-refractivity contribution in [1.29, 1.82) is 0 Å². The number of aromatic nitrogens is 2. The van der Waals surface area contributed by atoms with E-state index in [0.29, 0.717) is 5.84 Å². The largest absolute Gasteiger partial charge is 0.423 e. The molecule has 2 heterocycles. The van der Waals surface area contributed by atoms with Gasteiger partial charge in [-0.05, 0) is 72.8 Å². The molecule has 0 bridgehead atoms. The Morgan fingerprint density at radius 3 is 1.39 bits per heavy atom. The Morgan fingerprint density at radius 2 is 0.864 bits per heavy atom. The maximum Gasteiger partial charge on any atom is 0.309 e. The lowest BCUT2D eigenvalue weighted by molar-refractivity contribution is 0.642. The van der Waals surface area contributed by atoms with Gasteiger partial charge in [-0.3, -0.25) is 4.90 Å². The number of benzene rings is 6. The van der Waals surface area contributed by atoms with Gasteiger partial charge in [0.1, 0.15) is 5.69 Å². The maximum atomic E-state index is 6.31. The lowest BCUT2D eigenvalue weighted by Crippen LogP contribution is -2.13. The highest BCUT2D eigenvalue weighted by Crippen LogP contribution is 2.44. The summed E-state index contributed by atoms with van der Waals surface area (Å²) in [7, 11) is 0. The van der Waals surface area contributed by atoms with E-state index in [1.165, 1.54) is 0 Å². The zero-order valence-electron chi connectivity index (χ0n) is 23.9. The third kappa shape index (κ3) is 4.48. The number of hydrogen-bond donors (Lipinski definition) is 0. The molecule has 0 saturated carbocycles. The van der Waals surface area contributed by atoms with E-state index in [2.05, 4.69) is 142 Å². The molecule has 0 unspecified atom stereocenters. The first-order chi connectivity index (χ1) is 21.8. The first kappa shape index (κ1) is 25.6. The van der Waals surface area contributed by atoms with Crippen molar-refractivity contribution in [3.63, 3.8) is 0 Å². The van der Waals surface area contributed by atoms with Crippen molar-refractivity contribution >= 4 is 51.2 Å². The van der Waals surface area contributed by atoms with Gasteiger partial charge in [-0.2, -0.15) is 4.98 Å². The number of fused-ring (bicyclic) bond motifs is 3. The minimum atomic E-state index is 0.548. The molecule has 5 nitrogen and oxygen atoms in total. The van der Waals surface area contributed by atoms with Crippen molar-refractivity contribution in [3.8, 4) is 11.3 Å². The highest BCUT2D eigenvalue weighted by molar-refractivity contribution is 5.91. The Labute approximate surface area is 255 Å². The van der Waals surface area contributed by atoms with Gasteiger partial charge in [-0.15, -0.1) is 0 Å². The third-order valence-electron chi connectivity index (χ3n) is 7.80. The molecule has 44 heavy (non-hydrogen) atoms. The fourth-order valence-corrected chi connectivity index (χ4v) is 5.82. The predicted molar refractivity (Wildman–Crippen MR) is 180 cm³/mol. The van der Waals surface area contributed by atoms with Gasteiger partial charge in [-0.25, -0.2) is 4.40 Å². The van der Waals surface area contributed by atoms with Gasteiger partial charge in [-0.1, -0.05) is 97.1 Å². The Kier molecular flexibility index (Phi) is 6.39. The van der Waals surface area contributed by atoms with Gasteiger partial charge < -0.3 is 9.32 Å². The van der Waals surface area contributed by atoms with Crippen molar-refractivity contribution in [2.24, 2.45) is 0 Å². The molecule has 0 aliphatic carbocycles. The summed E-state index contributed by atoms with van der Waals surface area (Å²) in [6.07, 6.45) is 0. The molecule has 0 aliphatic rings. The summed E-state index contributed by atoms with van der Waals surface area (Å²) in [5.74, 6) is 1.46. The van der Waals surface area contributed by atoms with Crippen LogP contribution in [0.25, 0.3) is 28.2 Å². The van der Waals surface area contributed by atoms with E-state index in [9.17, 15) is 0 Å². The first-order valence-corrected chi connectivity index (χ1v) is 14.7. The molecule has 0 spiro atoms. The minimum Gasteiger partial charge on any atom is -0.423 e. The van der Waals surface area contributed by atoms with E-state index < -0.39 is 0 Å². The molecule has 0 fully saturated rings. The van der Waals surface area contributed by atoms with Crippen LogP contribution in [0.1, 0.15) is 0 Å². The van der Waals surface area contributed by atoms with Gasteiger partial charge in [0.05, 0.1) is 5.52 Å². The van der Waals surface area contributed by atoms with Crippen molar-refractivity contribution in [2.75, 3.05) is 9.80 Å². The van der Waals surface area contributed by atoms with Crippen LogP contribution in [0.15, 0.2) is 174 Å². The monoisotopic (exact) mass is 568 g/mol. The van der Waals surface area contributed by atoms with Crippen LogP contribution < -0.4 is 9.80 Å². The smallest absolute Gasteiger partial charge is 0.309 e. The molecule has 8 aromatic rings. The Morgan fingerprint density at radius 1 is 0.432 bits per heavy atom. The van der Waals surface area contributed by atoms with Crippen molar-refractivity contribution < 1.29 is 4.42 Å². The van der Waals surface area contributed by atoms with E-state index in [4.69, 9.17) is 9.40 Å². The summed E-state index contributed by atoms with van der Waals surface area (Å²) in [6, 6.07) is 58.4. The Hall–Kier alpha value is -6.07. The lowest BCUT2D eigenvalue weighted by atomic mass is 10.1. The zero-order chi connectivity index (χ0) is 29.3. The van der Waals surface area contributed by atoms with Crippen LogP contribution in [-0.4, -0.2) is 9.38 Å². The third-order valence-corrected chi connectivity index (χ3v) is 7.80. The highest BCUT2D eigenvalue weighted by Gasteiger charge is 2.26. The van der Waals surface area contributed by atoms with Gasteiger partial charge in [0, 0.05) is 34.0 Å². The zero-order valence-corrected chi connectivity index (χ0v) is 23.9. The van der Waals surface area contributed by atoms with Gasteiger partial charge in [0.2, 0.25) is 0 Å². The summed E-state index contributed by atoms with van der Waals surface area (Å²) in [4.78, 5) is 9.64. The van der Waals surface area contributed by atoms with E-state index >= 15 is 0 Å². The number of para-hydroxylation sites is 6. The van der Waals surface area contributed by atoms with Crippen molar-refractivity contribution in [2.45, 2.75) is 0 Å². The molecule has 5 heteroatoms. The number of nitrogens with zero attached hydrogens (tertiary/aromatic N) is 4. The Bertz CT molecular complexity index is 2080. The molecule has 210 valence electrons. The molecule has 0 saturated heterocycles. The molecule has 0 N–H and O–H groups in total. The number of imidazole rings is 1. The van der Waals surface area contributed by atoms with Crippen LogP contribution in [-0.2, 0) is 0 Å². The second-order valence-electron chi connectivity index (χ2n) is 10.5. The minimum absolute atomic E-state index is 0.548. The van der Waals surface area contributed by atoms with Crippen molar-refractivity contribution in [1.82, 2.24) is 9.38 Å². The Balaban J connectivity index is 1.33. The van der Waals surface area contributed by atoms with Crippen LogP contribution >= 0.6 is 0 Å². The van der Waals surface area contributed by atoms with Crippen LogP contribution in [0.2, 0.25) is 0 Å².